The van der Waals surface area contributed by atoms with Crippen molar-refractivity contribution in [2.24, 2.45) is 0 Å². The van der Waals surface area contributed by atoms with Crippen LogP contribution < -0.4 is 9.47 Å². The first-order valence-corrected chi connectivity index (χ1v) is 7.31. The molecule has 2 rings (SSSR count). The van der Waals surface area contributed by atoms with Crippen LogP contribution in [0.25, 0.3) is 0 Å². The molecule has 0 aliphatic carbocycles. The largest absolute Gasteiger partial charge is 0.478 e. The summed E-state index contributed by atoms with van der Waals surface area (Å²) in [5.74, 6) is -0.334. The van der Waals surface area contributed by atoms with E-state index < -0.39 is 29.8 Å². The van der Waals surface area contributed by atoms with Crippen LogP contribution in [-0.4, -0.2) is 28.6 Å². The molecule has 0 radical (unpaired) electrons. The highest BCUT2D eigenvalue weighted by Crippen LogP contribution is 2.38. The van der Waals surface area contributed by atoms with E-state index in [1.54, 1.807) is 0 Å². The van der Waals surface area contributed by atoms with Crippen molar-refractivity contribution in [1.82, 2.24) is 4.98 Å². The summed E-state index contributed by atoms with van der Waals surface area (Å²) in [5.41, 5.74) is -2.52. The number of alkyl halides is 3. The van der Waals surface area contributed by atoms with Gasteiger partial charge >= 0.3 is 6.18 Å². The molecular formula is C16H13ClF3NO4. The van der Waals surface area contributed by atoms with Crippen molar-refractivity contribution >= 4 is 17.9 Å². The summed E-state index contributed by atoms with van der Waals surface area (Å²) in [7, 11) is 0. The number of hydrogen-bond donors (Lipinski definition) is 1. The minimum Gasteiger partial charge on any atom is -0.478 e. The standard InChI is InChI=1S/C16H13ClF3NO4/c1-15(8-22,9-23)25-12-4-2-11(3-5-12)24-14-13(16(18,19)20)6-10(17)7-21-14/h2-8,23H,9H2,1H3. The zero-order valence-electron chi connectivity index (χ0n) is 12.9. The molecule has 0 aliphatic heterocycles. The second-order valence-electron chi connectivity index (χ2n) is 5.27. The maximum Gasteiger partial charge on any atom is 0.421 e. The van der Waals surface area contributed by atoms with Crippen molar-refractivity contribution in [3.63, 3.8) is 0 Å². The van der Waals surface area contributed by atoms with Crippen LogP contribution >= 0.6 is 11.6 Å². The zero-order chi connectivity index (χ0) is 18.7. The van der Waals surface area contributed by atoms with Gasteiger partial charge in [0.2, 0.25) is 5.88 Å². The number of rotatable bonds is 6. The van der Waals surface area contributed by atoms with Crippen LogP contribution in [0.1, 0.15) is 12.5 Å². The van der Waals surface area contributed by atoms with Crippen LogP contribution in [0.3, 0.4) is 0 Å². The topological polar surface area (TPSA) is 68.7 Å². The molecule has 0 fully saturated rings. The van der Waals surface area contributed by atoms with Gasteiger partial charge in [0.25, 0.3) is 0 Å². The first kappa shape index (κ1) is 19.0. The quantitative estimate of drug-likeness (QED) is 0.776. The monoisotopic (exact) mass is 375 g/mol. The summed E-state index contributed by atoms with van der Waals surface area (Å²) >= 11 is 5.55. The van der Waals surface area contributed by atoms with E-state index in [0.717, 1.165) is 12.3 Å². The Morgan fingerprint density at radius 1 is 1.24 bits per heavy atom. The highest BCUT2D eigenvalue weighted by molar-refractivity contribution is 6.30. The number of hydrogen-bond acceptors (Lipinski definition) is 5. The van der Waals surface area contributed by atoms with Crippen molar-refractivity contribution in [3.8, 4) is 17.4 Å². The van der Waals surface area contributed by atoms with Gasteiger partial charge in [-0.1, -0.05) is 11.6 Å². The number of aliphatic hydroxyl groups excluding tert-OH is 1. The fourth-order valence-corrected chi connectivity index (χ4v) is 1.92. The van der Waals surface area contributed by atoms with Gasteiger partial charge in [-0.3, -0.25) is 4.79 Å². The first-order valence-electron chi connectivity index (χ1n) is 6.94. The van der Waals surface area contributed by atoms with Gasteiger partial charge in [-0.25, -0.2) is 4.98 Å². The fraction of sp³-hybridized carbons (Fsp3) is 0.250. The molecule has 2 aromatic rings. The Labute approximate surface area is 146 Å². The number of aldehydes is 1. The zero-order valence-corrected chi connectivity index (χ0v) is 13.6. The molecule has 1 aromatic heterocycles. The van der Waals surface area contributed by atoms with Gasteiger partial charge in [0.15, 0.2) is 11.9 Å². The van der Waals surface area contributed by atoms with Crippen LogP contribution in [0.5, 0.6) is 17.4 Å². The van der Waals surface area contributed by atoms with Crippen molar-refractivity contribution in [2.75, 3.05) is 6.61 Å². The minimum atomic E-state index is -4.68. The molecule has 0 saturated heterocycles. The number of pyridine rings is 1. The third-order valence-corrected chi connectivity index (χ3v) is 3.28. The van der Waals surface area contributed by atoms with Gasteiger partial charge in [-0.05, 0) is 37.3 Å². The molecular weight excluding hydrogens is 363 g/mol. The smallest absolute Gasteiger partial charge is 0.421 e. The lowest BCUT2D eigenvalue weighted by molar-refractivity contribution is -0.138. The molecule has 5 nitrogen and oxygen atoms in total. The highest BCUT2D eigenvalue weighted by atomic mass is 35.5. The number of carbonyl (C=O) groups excluding carboxylic acids is 1. The third kappa shape index (κ3) is 4.83. The Morgan fingerprint density at radius 2 is 1.84 bits per heavy atom. The van der Waals surface area contributed by atoms with Crippen molar-refractivity contribution in [2.45, 2.75) is 18.7 Å². The van der Waals surface area contributed by atoms with Gasteiger partial charge in [-0.15, -0.1) is 0 Å². The van der Waals surface area contributed by atoms with Crippen LogP contribution in [0.15, 0.2) is 36.5 Å². The van der Waals surface area contributed by atoms with Gasteiger partial charge in [-0.2, -0.15) is 13.2 Å². The van der Waals surface area contributed by atoms with E-state index in [1.165, 1.54) is 31.2 Å². The van der Waals surface area contributed by atoms with E-state index in [9.17, 15) is 18.0 Å². The average Bonchev–Trinajstić information content (AvgIpc) is 2.57. The van der Waals surface area contributed by atoms with E-state index >= 15 is 0 Å². The van der Waals surface area contributed by atoms with Crippen LogP contribution in [0, 0.1) is 0 Å². The normalized spacial score (nSPS) is 13.8. The Bertz CT molecular complexity index is 752. The molecule has 1 N–H and O–H groups in total. The van der Waals surface area contributed by atoms with Gasteiger partial charge in [0.1, 0.15) is 17.1 Å². The number of halogens is 4. The highest BCUT2D eigenvalue weighted by Gasteiger charge is 2.36. The summed E-state index contributed by atoms with van der Waals surface area (Å²) in [4.78, 5) is 14.5. The maximum atomic E-state index is 13.0. The van der Waals surface area contributed by atoms with E-state index in [0.29, 0.717) is 6.29 Å². The molecule has 0 amide bonds. The molecule has 1 unspecified atom stereocenters. The molecule has 25 heavy (non-hydrogen) atoms. The summed E-state index contributed by atoms with van der Waals surface area (Å²) in [6.07, 6.45) is -3.19. The molecule has 0 bridgehead atoms. The average molecular weight is 376 g/mol. The number of ether oxygens (including phenoxy) is 2. The SMILES string of the molecule is CC(C=O)(CO)Oc1ccc(Oc2ncc(Cl)cc2C(F)(F)F)cc1. The van der Waals surface area contributed by atoms with Gasteiger partial charge in [0.05, 0.1) is 11.6 Å². The van der Waals surface area contributed by atoms with Crippen LogP contribution in [0.4, 0.5) is 13.2 Å². The Balaban J connectivity index is 2.21. The van der Waals surface area contributed by atoms with Crippen LogP contribution in [-0.2, 0) is 11.0 Å². The number of benzene rings is 1. The number of carbonyl (C=O) groups is 1. The van der Waals surface area contributed by atoms with E-state index in [2.05, 4.69) is 4.98 Å². The van der Waals surface area contributed by atoms with E-state index in [4.69, 9.17) is 26.2 Å². The molecule has 1 atom stereocenters. The van der Waals surface area contributed by atoms with Crippen molar-refractivity contribution in [1.29, 1.82) is 0 Å². The maximum absolute atomic E-state index is 13.0. The van der Waals surface area contributed by atoms with Crippen molar-refractivity contribution < 1.29 is 32.5 Å². The minimum absolute atomic E-state index is 0.0736. The molecule has 1 aromatic carbocycles. The lowest BCUT2D eigenvalue weighted by atomic mass is 10.1. The van der Waals surface area contributed by atoms with E-state index in [1.807, 2.05) is 0 Å². The molecule has 134 valence electrons. The Morgan fingerprint density at radius 3 is 2.36 bits per heavy atom. The predicted octanol–water partition coefficient (Wildman–Crippen LogP) is 3.87. The summed E-state index contributed by atoms with van der Waals surface area (Å²) < 4.78 is 49.5. The number of nitrogens with zero attached hydrogens (tertiary/aromatic N) is 1. The number of aliphatic hydroxyl groups is 1. The molecule has 0 spiro atoms. The predicted molar refractivity (Wildman–Crippen MR) is 82.9 cm³/mol. The lowest BCUT2D eigenvalue weighted by Gasteiger charge is -2.22. The summed E-state index contributed by atoms with van der Waals surface area (Å²) in [6.45, 7) is 0.857. The molecule has 1 heterocycles. The third-order valence-electron chi connectivity index (χ3n) is 3.08. The van der Waals surface area contributed by atoms with Crippen molar-refractivity contribution in [3.05, 3.63) is 47.1 Å². The Hall–Kier alpha value is -2.32. The first-order chi connectivity index (χ1) is 11.7. The summed E-state index contributed by atoms with van der Waals surface area (Å²) in [6, 6.07) is 6.17. The Kier molecular flexibility index (Phi) is 5.54. The van der Waals surface area contributed by atoms with E-state index in [-0.39, 0.29) is 16.5 Å². The molecule has 9 heteroatoms. The molecule has 0 saturated carbocycles. The summed E-state index contributed by atoms with van der Waals surface area (Å²) in [5, 5.41) is 8.95. The second-order valence-corrected chi connectivity index (χ2v) is 5.70. The molecule has 0 aliphatic rings. The second kappa shape index (κ2) is 7.28. The van der Waals surface area contributed by atoms with Gasteiger partial charge < -0.3 is 14.6 Å². The fourth-order valence-electron chi connectivity index (χ4n) is 1.76. The number of aromatic nitrogens is 1. The van der Waals surface area contributed by atoms with Gasteiger partial charge in [0, 0.05) is 6.20 Å². The lowest BCUT2D eigenvalue weighted by Crippen LogP contribution is -2.38. The van der Waals surface area contributed by atoms with Crippen LogP contribution in [0.2, 0.25) is 5.02 Å².